The number of rotatable bonds is 6. The topological polar surface area (TPSA) is 82.8 Å². The van der Waals surface area contributed by atoms with Gasteiger partial charge in [-0.25, -0.2) is 4.99 Å². The summed E-state index contributed by atoms with van der Waals surface area (Å²) in [6.07, 6.45) is 8.53. The molecule has 168 valence electrons. The van der Waals surface area contributed by atoms with E-state index in [1.54, 1.807) is 24.3 Å². The summed E-state index contributed by atoms with van der Waals surface area (Å²) in [6.45, 7) is 7.28. The van der Waals surface area contributed by atoms with Crippen LogP contribution >= 0.6 is 24.0 Å². The molecule has 0 amide bonds. The summed E-state index contributed by atoms with van der Waals surface area (Å²) < 4.78 is 0. The SMILES string of the molecule is CC(C)N1CCC(NC(=NCc2ccc([N+](=O)[O-])cc2)NC2CCCCC2)CC1.I. The van der Waals surface area contributed by atoms with Crippen molar-refractivity contribution in [2.24, 2.45) is 4.99 Å². The number of nitrogens with zero attached hydrogens (tertiary/aromatic N) is 3. The average molecular weight is 529 g/mol. The van der Waals surface area contributed by atoms with Gasteiger partial charge in [0, 0.05) is 43.3 Å². The second-order valence-corrected chi connectivity index (χ2v) is 8.62. The van der Waals surface area contributed by atoms with Crippen LogP contribution in [0.2, 0.25) is 0 Å². The molecule has 0 spiro atoms. The van der Waals surface area contributed by atoms with Crippen LogP contribution in [-0.4, -0.2) is 47.0 Å². The van der Waals surface area contributed by atoms with E-state index in [0.29, 0.717) is 24.7 Å². The Morgan fingerprint density at radius 2 is 1.63 bits per heavy atom. The van der Waals surface area contributed by atoms with Crippen LogP contribution in [0.15, 0.2) is 29.3 Å². The minimum atomic E-state index is -0.367. The number of guanidine groups is 1. The molecule has 1 heterocycles. The van der Waals surface area contributed by atoms with Crippen molar-refractivity contribution in [3.05, 3.63) is 39.9 Å². The van der Waals surface area contributed by atoms with Crippen molar-refractivity contribution < 1.29 is 4.92 Å². The Balaban J connectivity index is 0.00000320. The summed E-state index contributed by atoms with van der Waals surface area (Å²) in [5.74, 6) is 0.887. The quantitative estimate of drug-likeness (QED) is 0.187. The summed E-state index contributed by atoms with van der Waals surface area (Å²) in [6, 6.07) is 8.22. The number of aliphatic imine (C=N–C) groups is 1. The lowest BCUT2D eigenvalue weighted by Crippen LogP contribution is -2.52. The zero-order valence-electron chi connectivity index (χ0n) is 18.2. The smallest absolute Gasteiger partial charge is 0.269 e. The maximum absolute atomic E-state index is 10.8. The van der Waals surface area contributed by atoms with Crippen LogP contribution in [0.3, 0.4) is 0 Å². The predicted molar refractivity (Wildman–Crippen MR) is 133 cm³/mol. The second-order valence-electron chi connectivity index (χ2n) is 8.62. The number of hydrogen-bond acceptors (Lipinski definition) is 4. The van der Waals surface area contributed by atoms with Gasteiger partial charge in [0.05, 0.1) is 11.5 Å². The Hall–Kier alpha value is -1.42. The van der Waals surface area contributed by atoms with Gasteiger partial charge in [-0.05, 0) is 45.1 Å². The van der Waals surface area contributed by atoms with Crippen LogP contribution in [-0.2, 0) is 6.54 Å². The second kappa shape index (κ2) is 12.4. The fraction of sp³-hybridized carbons (Fsp3) is 0.682. The first kappa shape index (κ1) is 24.8. The van der Waals surface area contributed by atoms with E-state index in [0.717, 1.165) is 37.5 Å². The van der Waals surface area contributed by atoms with E-state index >= 15 is 0 Å². The third-order valence-electron chi connectivity index (χ3n) is 6.11. The van der Waals surface area contributed by atoms with Crippen LogP contribution in [0, 0.1) is 10.1 Å². The molecule has 0 aromatic heterocycles. The zero-order chi connectivity index (χ0) is 20.6. The molecule has 3 rings (SSSR count). The van der Waals surface area contributed by atoms with Crippen molar-refractivity contribution in [1.82, 2.24) is 15.5 Å². The standard InChI is InChI=1S/C22H35N5O2.HI/c1-17(2)26-14-12-20(13-15-26)25-22(24-19-6-4-3-5-7-19)23-16-18-8-10-21(11-9-18)27(28)29;/h8-11,17,19-20H,3-7,12-16H2,1-2H3,(H2,23,24,25);1H. The number of nitrogens with one attached hydrogen (secondary N) is 2. The largest absolute Gasteiger partial charge is 0.354 e. The summed E-state index contributed by atoms with van der Waals surface area (Å²) in [4.78, 5) is 17.8. The van der Waals surface area contributed by atoms with E-state index in [1.165, 1.54) is 32.1 Å². The Bertz CT molecular complexity index is 681. The molecule has 0 bridgehead atoms. The molecule has 8 heteroatoms. The summed E-state index contributed by atoms with van der Waals surface area (Å²) in [5.41, 5.74) is 1.10. The van der Waals surface area contributed by atoms with E-state index in [4.69, 9.17) is 4.99 Å². The van der Waals surface area contributed by atoms with Crippen LogP contribution in [0.25, 0.3) is 0 Å². The Kier molecular flexibility index (Phi) is 10.3. The number of halogens is 1. The first-order valence-electron chi connectivity index (χ1n) is 11.1. The highest BCUT2D eigenvalue weighted by Crippen LogP contribution is 2.18. The Labute approximate surface area is 197 Å². The molecule has 2 aliphatic rings. The number of piperidine rings is 1. The fourth-order valence-electron chi connectivity index (χ4n) is 4.22. The normalized spacial score (nSPS) is 19.4. The Morgan fingerprint density at radius 1 is 1.07 bits per heavy atom. The lowest BCUT2D eigenvalue weighted by atomic mass is 9.95. The third kappa shape index (κ3) is 7.68. The first-order valence-corrected chi connectivity index (χ1v) is 11.1. The van der Waals surface area contributed by atoms with E-state index in [9.17, 15) is 10.1 Å². The van der Waals surface area contributed by atoms with Gasteiger partial charge in [-0.15, -0.1) is 24.0 Å². The van der Waals surface area contributed by atoms with Gasteiger partial charge in [0.1, 0.15) is 0 Å². The van der Waals surface area contributed by atoms with Gasteiger partial charge in [-0.1, -0.05) is 31.4 Å². The molecular formula is C22H36IN5O2. The average Bonchev–Trinajstić information content (AvgIpc) is 2.73. The van der Waals surface area contributed by atoms with Gasteiger partial charge in [-0.3, -0.25) is 10.1 Å². The number of non-ortho nitro benzene ring substituents is 1. The number of benzene rings is 1. The predicted octanol–water partition coefficient (Wildman–Crippen LogP) is 4.45. The number of nitro groups is 1. The summed E-state index contributed by atoms with van der Waals surface area (Å²) in [7, 11) is 0. The maximum Gasteiger partial charge on any atom is 0.269 e. The van der Waals surface area contributed by atoms with Gasteiger partial charge in [-0.2, -0.15) is 0 Å². The number of nitro benzene ring substituents is 1. The molecule has 7 nitrogen and oxygen atoms in total. The lowest BCUT2D eigenvalue weighted by molar-refractivity contribution is -0.384. The van der Waals surface area contributed by atoms with Gasteiger partial charge in [0.15, 0.2) is 5.96 Å². The molecule has 1 saturated heterocycles. The van der Waals surface area contributed by atoms with Crippen LogP contribution in [0.4, 0.5) is 5.69 Å². The molecule has 2 fully saturated rings. The van der Waals surface area contributed by atoms with Crippen LogP contribution in [0.5, 0.6) is 0 Å². The molecule has 2 N–H and O–H groups in total. The third-order valence-corrected chi connectivity index (χ3v) is 6.11. The molecule has 0 radical (unpaired) electrons. The van der Waals surface area contributed by atoms with E-state index < -0.39 is 0 Å². The summed E-state index contributed by atoms with van der Waals surface area (Å²) in [5, 5.41) is 18.2. The first-order chi connectivity index (χ1) is 14.0. The van der Waals surface area contributed by atoms with Gasteiger partial charge in [0.25, 0.3) is 5.69 Å². The van der Waals surface area contributed by atoms with Crippen molar-refractivity contribution in [2.45, 2.75) is 83.5 Å². The molecule has 0 unspecified atom stereocenters. The Morgan fingerprint density at radius 3 is 2.17 bits per heavy atom. The maximum atomic E-state index is 10.8. The summed E-state index contributed by atoms with van der Waals surface area (Å²) >= 11 is 0. The van der Waals surface area contributed by atoms with Crippen molar-refractivity contribution in [1.29, 1.82) is 0 Å². The van der Waals surface area contributed by atoms with Crippen molar-refractivity contribution in [3.63, 3.8) is 0 Å². The van der Waals surface area contributed by atoms with E-state index in [2.05, 4.69) is 29.4 Å². The van der Waals surface area contributed by atoms with Crippen molar-refractivity contribution >= 4 is 35.6 Å². The molecule has 30 heavy (non-hydrogen) atoms. The van der Waals surface area contributed by atoms with Gasteiger partial charge < -0.3 is 15.5 Å². The van der Waals surface area contributed by atoms with Crippen molar-refractivity contribution in [2.75, 3.05) is 13.1 Å². The van der Waals surface area contributed by atoms with Crippen molar-refractivity contribution in [3.8, 4) is 0 Å². The molecule has 1 aliphatic carbocycles. The highest BCUT2D eigenvalue weighted by atomic mass is 127. The van der Waals surface area contributed by atoms with Crippen LogP contribution < -0.4 is 10.6 Å². The number of likely N-dealkylation sites (tertiary alicyclic amines) is 1. The van der Waals surface area contributed by atoms with E-state index in [-0.39, 0.29) is 34.6 Å². The fourth-order valence-corrected chi connectivity index (χ4v) is 4.22. The van der Waals surface area contributed by atoms with Gasteiger partial charge in [0.2, 0.25) is 0 Å². The molecule has 1 aromatic carbocycles. The molecule has 0 atom stereocenters. The highest BCUT2D eigenvalue weighted by Gasteiger charge is 2.22. The monoisotopic (exact) mass is 529 g/mol. The zero-order valence-corrected chi connectivity index (χ0v) is 20.5. The number of hydrogen-bond donors (Lipinski definition) is 2. The molecule has 1 saturated carbocycles. The minimum absolute atomic E-state index is 0. The van der Waals surface area contributed by atoms with Gasteiger partial charge >= 0.3 is 0 Å². The molecule has 1 aliphatic heterocycles. The van der Waals surface area contributed by atoms with E-state index in [1.807, 2.05) is 0 Å². The van der Waals surface area contributed by atoms with Crippen LogP contribution in [0.1, 0.15) is 64.4 Å². The highest BCUT2D eigenvalue weighted by molar-refractivity contribution is 14.0. The molecule has 1 aromatic rings. The molecular weight excluding hydrogens is 493 g/mol. The lowest BCUT2D eigenvalue weighted by Gasteiger charge is -2.36. The minimum Gasteiger partial charge on any atom is -0.354 e.